The molecule has 0 aliphatic rings. The first-order valence-electron chi connectivity index (χ1n) is 5.52. The first-order valence-corrected chi connectivity index (χ1v) is 5.90. The van der Waals surface area contributed by atoms with Crippen LogP contribution in [0.25, 0.3) is 0 Å². The Balaban J connectivity index is 2.32. The molecule has 6 heteroatoms. The maximum absolute atomic E-state index is 13.1. The van der Waals surface area contributed by atoms with Gasteiger partial charge in [-0.05, 0) is 31.3 Å². The first kappa shape index (κ1) is 13.7. The van der Waals surface area contributed by atoms with E-state index in [2.05, 4.69) is 10.3 Å². The van der Waals surface area contributed by atoms with Gasteiger partial charge in [0.15, 0.2) is 0 Å². The Morgan fingerprint density at radius 3 is 2.74 bits per heavy atom. The van der Waals surface area contributed by atoms with E-state index >= 15 is 0 Å². The smallest absolute Gasteiger partial charge is 0.223 e. The zero-order valence-electron chi connectivity index (χ0n) is 10.1. The van der Waals surface area contributed by atoms with Crippen LogP contribution in [0.15, 0.2) is 30.5 Å². The summed E-state index contributed by atoms with van der Waals surface area (Å²) < 4.78 is 31.5. The third kappa shape index (κ3) is 3.39. The van der Waals surface area contributed by atoms with Gasteiger partial charge in [0.1, 0.15) is 17.4 Å². The molecule has 0 radical (unpaired) electrons. The Labute approximate surface area is 114 Å². The number of benzene rings is 1. The molecule has 0 spiro atoms. The van der Waals surface area contributed by atoms with Crippen LogP contribution in [-0.4, -0.2) is 12.0 Å². The van der Waals surface area contributed by atoms with Crippen molar-refractivity contribution in [3.8, 4) is 11.6 Å². The second kappa shape index (κ2) is 5.95. The Bertz CT molecular complexity index is 593. The highest BCUT2D eigenvalue weighted by molar-refractivity contribution is 6.32. The van der Waals surface area contributed by atoms with E-state index in [1.807, 2.05) is 0 Å². The van der Waals surface area contributed by atoms with Gasteiger partial charge in [-0.2, -0.15) is 0 Å². The summed E-state index contributed by atoms with van der Waals surface area (Å²) in [6.07, 6.45) is 1.05. The quantitative estimate of drug-likeness (QED) is 0.933. The molecule has 3 nitrogen and oxygen atoms in total. The van der Waals surface area contributed by atoms with Gasteiger partial charge in [0.25, 0.3) is 0 Å². The minimum absolute atomic E-state index is 0.126. The molecule has 100 valence electrons. The second-order valence-electron chi connectivity index (χ2n) is 3.82. The topological polar surface area (TPSA) is 34.2 Å². The maximum Gasteiger partial charge on any atom is 0.223 e. The fourth-order valence-corrected chi connectivity index (χ4v) is 1.75. The highest BCUT2D eigenvalue weighted by atomic mass is 35.5. The molecule has 0 atom stereocenters. The van der Waals surface area contributed by atoms with Crippen LogP contribution in [0.3, 0.4) is 0 Å². The summed E-state index contributed by atoms with van der Waals surface area (Å²) in [5.41, 5.74) is 0.544. The summed E-state index contributed by atoms with van der Waals surface area (Å²) in [4.78, 5) is 3.87. The van der Waals surface area contributed by atoms with Crippen molar-refractivity contribution in [3.63, 3.8) is 0 Å². The highest BCUT2D eigenvalue weighted by Gasteiger charge is 2.10. The third-order valence-corrected chi connectivity index (χ3v) is 2.66. The largest absolute Gasteiger partial charge is 0.437 e. The van der Waals surface area contributed by atoms with E-state index in [-0.39, 0.29) is 16.7 Å². The van der Waals surface area contributed by atoms with Gasteiger partial charge in [0.05, 0.1) is 11.2 Å². The monoisotopic (exact) mass is 284 g/mol. The predicted molar refractivity (Wildman–Crippen MR) is 68.4 cm³/mol. The summed E-state index contributed by atoms with van der Waals surface area (Å²) >= 11 is 5.86. The molecule has 0 aliphatic carbocycles. The van der Waals surface area contributed by atoms with E-state index in [9.17, 15) is 8.78 Å². The molecular weight excluding hydrogens is 274 g/mol. The molecule has 2 aromatic rings. The molecule has 0 saturated carbocycles. The lowest BCUT2D eigenvalue weighted by molar-refractivity contribution is 0.449. The second-order valence-corrected chi connectivity index (χ2v) is 4.23. The lowest BCUT2D eigenvalue weighted by Crippen LogP contribution is -2.08. The Kier molecular flexibility index (Phi) is 4.29. The molecule has 1 heterocycles. The van der Waals surface area contributed by atoms with Crippen LogP contribution in [0.4, 0.5) is 8.78 Å². The van der Waals surface area contributed by atoms with Crippen molar-refractivity contribution in [1.29, 1.82) is 0 Å². The fraction of sp³-hybridized carbons (Fsp3) is 0.154. The average Bonchev–Trinajstić information content (AvgIpc) is 2.36. The van der Waals surface area contributed by atoms with Gasteiger partial charge in [0, 0.05) is 12.1 Å². The van der Waals surface area contributed by atoms with E-state index in [4.69, 9.17) is 16.3 Å². The number of ether oxygens (including phenoxy) is 1. The normalized spacial score (nSPS) is 10.5. The number of hydrogen-bond donors (Lipinski definition) is 1. The predicted octanol–water partition coefficient (Wildman–Crippen LogP) is 3.52. The summed E-state index contributed by atoms with van der Waals surface area (Å²) in [7, 11) is 1.72. The van der Waals surface area contributed by atoms with Crippen LogP contribution in [0, 0.1) is 11.6 Å². The highest BCUT2D eigenvalue weighted by Crippen LogP contribution is 2.30. The van der Waals surface area contributed by atoms with Gasteiger partial charge in [-0.25, -0.2) is 13.8 Å². The SMILES string of the molecule is CNCc1cc(F)cnc1Oc1ccc(F)cc1Cl. The molecule has 0 unspecified atom stereocenters. The number of nitrogens with one attached hydrogen (secondary N) is 1. The lowest BCUT2D eigenvalue weighted by Gasteiger charge is -2.11. The molecule has 0 saturated heterocycles. The van der Waals surface area contributed by atoms with Gasteiger partial charge < -0.3 is 10.1 Å². The van der Waals surface area contributed by atoms with Crippen molar-refractivity contribution in [2.24, 2.45) is 0 Å². The molecule has 19 heavy (non-hydrogen) atoms. The van der Waals surface area contributed by atoms with Gasteiger partial charge >= 0.3 is 0 Å². The number of halogens is 3. The van der Waals surface area contributed by atoms with Crippen LogP contribution < -0.4 is 10.1 Å². The van der Waals surface area contributed by atoms with E-state index < -0.39 is 11.6 Å². The van der Waals surface area contributed by atoms with Crippen molar-refractivity contribution in [1.82, 2.24) is 10.3 Å². The van der Waals surface area contributed by atoms with Crippen molar-refractivity contribution in [2.75, 3.05) is 7.05 Å². The van der Waals surface area contributed by atoms with Crippen molar-refractivity contribution < 1.29 is 13.5 Å². The lowest BCUT2D eigenvalue weighted by atomic mass is 10.2. The van der Waals surface area contributed by atoms with E-state index in [0.29, 0.717) is 12.1 Å². The number of nitrogens with zero attached hydrogens (tertiary/aromatic N) is 1. The third-order valence-electron chi connectivity index (χ3n) is 2.36. The van der Waals surface area contributed by atoms with E-state index in [0.717, 1.165) is 12.3 Å². The van der Waals surface area contributed by atoms with Crippen LogP contribution in [0.2, 0.25) is 5.02 Å². The summed E-state index contributed by atoms with van der Waals surface area (Å²) in [5, 5.41) is 3.01. The Morgan fingerprint density at radius 1 is 1.26 bits per heavy atom. The van der Waals surface area contributed by atoms with Gasteiger partial charge in [0.2, 0.25) is 5.88 Å². The molecule has 1 aromatic heterocycles. The van der Waals surface area contributed by atoms with Crippen LogP contribution in [-0.2, 0) is 6.54 Å². The van der Waals surface area contributed by atoms with Crippen LogP contribution in [0.5, 0.6) is 11.6 Å². The minimum atomic E-state index is -0.458. The van der Waals surface area contributed by atoms with Gasteiger partial charge in [-0.15, -0.1) is 0 Å². The van der Waals surface area contributed by atoms with Crippen molar-refractivity contribution in [3.05, 3.63) is 52.7 Å². The van der Waals surface area contributed by atoms with Crippen LogP contribution >= 0.6 is 11.6 Å². The zero-order chi connectivity index (χ0) is 13.8. The molecule has 2 rings (SSSR count). The Hall–Kier alpha value is -1.72. The van der Waals surface area contributed by atoms with Crippen molar-refractivity contribution >= 4 is 11.6 Å². The number of hydrogen-bond acceptors (Lipinski definition) is 3. The molecule has 0 bridgehead atoms. The molecule has 1 aromatic carbocycles. The van der Waals surface area contributed by atoms with Crippen LogP contribution in [0.1, 0.15) is 5.56 Å². The van der Waals surface area contributed by atoms with Gasteiger partial charge in [-0.1, -0.05) is 11.6 Å². The first-order chi connectivity index (χ1) is 9.10. The summed E-state index contributed by atoms with van der Waals surface area (Å²) in [6, 6.07) is 5.07. The average molecular weight is 285 g/mol. The maximum atomic E-state index is 13.1. The molecule has 0 fully saturated rings. The molecule has 0 aliphatic heterocycles. The minimum Gasteiger partial charge on any atom is -0.437 e. The Morgan fingerprint density at radius 2 is 2.05 bits per heavy atom. The fourth-order valence-electron chi connectivity index (χ4n) is 1.54. The number of aromatic nitrogens is 1. The summed E-state index contributed by atoms with van der Waals surface area (Å²) in [6.45, 7) is 0.388. The molecular formula is C13H11ClF2N2O. The zero-order valence-corrected chi connectivity index (χ0v) is 10.8. The van der Waals surface area contributed by atoms with E-state index in [1.54, 1.807) is 7.05 Å². The summed E-state index contributed by atoms with van der Waals surface area (Å²) in [5.74, 6) is -0.425. The standard InChI is InChI=1S/C13H11ClF2N2O/c1-17-6-8-4-10(16)7-18-13(8)19-12-3-2-9(15)5-11(12)14/h2-5,7,17H,6H2,1H3. The van der Waals surface area contributed by atoms with Crippen molar-refractivity contribution in [2.45, 2.75) is 6.54 Å². The van der Waals surface area contributed by atoms with Gasteiger partial charge in [-0.3, -0.25) is 0 Å². The number of rotatable bonds is 4. The molecule has 1 N–H and O–H groups in total. The van der Waals surface area contributed by atoms with E-state index in [1.165, 1.54) is 18.2 Å². The molecule has 0 amide bonds. The number of pyridine rings is 1.